The number of rotatable bonds is 4. The van der Waals surface area contributed by atoms with Gasteiger partial charge in [0.1, 0.15) is 5.75 Å². The Bertz CT molecular complexity index is 1310. The molecule has 1 saturated heterocycles. The summed E-state index contributed by atoms with van der Waals surface area (Å²) in [6.07, 6.45) is -4.23. The number of carbonyl (C=O) groups is 3. The van der Waals surface area contributed by atoms with Gasteiger partial charge in [-0.2, -0.15) is 0 Å². The average Bonchev–Trinajstić information content (AvgIpc) is 3.28. The third-order valence-corrected chi connectivity index (χ3v) is 6.31. The first-order chi connectivity index (χ1) is 16.1. The molecule has 7 nitrogen and oxygen atoms in total. The summed E-state index contributed by atoms with van der Waals surface area (Å²) in [5.41, 5.74) is 3.25. The summed E-state index contributed by atoms with van der Waals surface area (Å²) in [7, 11) is 0. The second kappa shape index (κ2) is 7.98. The van der Waals surface area contributed by atoms with Crippen LogP contribution in [0.15, 0.2) is 42.5 Å². The zero-order valence-corrected chi connectivity index (χ0v) is 18.1. The van der Waals surface area contributed by atoms with E-state index in [2.05, 4.69) is 9.72 Å². The van der Waals surface area contributed by atoms with Crippen LogP contribution >= 0.6 is 0 Å². The van der Waals surface area contributed by atoms with Gasteiger partial charge in [0, 0.05) is 41.7 Å². The van der Waals surface area contributed by atoms with Crippen molar-refractivity contribution in [3.05, 3.63) is 59.3 Å². The Morgan fingerprint density at radius 3 is 2.53 bits per heavy atom. The lowest BCUT2D eigenvalue weighted by atomic mass is 10.0. The van der Waals surface area contributed by atoms with Crippen LogP contribution in [0.4, 0.5) is 18.9 Å². The molecule has 34 heavy (non-hydrogen) atoms. The van der Waals surface area contributed by atoms with Crippen molar-refractivity contribution < 1.29 is 32.3 Å². The molecule has 1 fully saturated rings. The highest BCUT2D eigenvalue weighted by Crippen LogP contribution is 2.35. The largest absolute Gasteiger partial charge is 0.573 e. The van der Waals surface area contributed by atoms with Crippen molar-refractivity contribution in [3.63, 3.8) is 0 Å². The SMILES string of the molecule is CC(=O)c1ccc(N2C(=O)CC(N3CCc4[nH]c5ccc(OC(F)(F)F)cc5c4C3)C2=O)cc1. The van der Waals surface area contributed by atoms with Gasteiger partial charge in [-0.05, 0) is 55.0 Å². The van der Waals surface area contributed by atoms with Crippen LogP contribution in [-0.2, 0) is 22.6 Å². The van der Waals surface area contributed by atoms with Gasteiger partial charge in [0.25, 0.3) is 5.91 Å². The minimum atomic E-state index is -4.79. The molecule has 0 saturated carbocycles. The molecule has 176 valence electrons. The zero-order chi connectivity index (χ0) is 24.2. The van der Waals surface area contributed by atoms with Crippen molar-refractivity contribution in [1.82, 2.24) is 9.88 Å². The second-order valence-electron chi connectivity index (χ2n) is 8.45. The normalized spacial score (nSPS) is 19.1. The Hall–Kier alpha value is -3.66. The van der Waals surface area contributed by atoms with Crippen LogP contribution in [0.5, 0.6) is 5.75 Å². The highest BCUT2D eigenvalue weighted by molar-refractivity contribution is 6.22. The average molecular weight is 471 g/mol. The van der Waals surface area contributed by atoms with E-state index in [0.717, 1.165) is 16.2 Å². The molecule has 2 aliphatic heterocycles. The number of hydrogen-bond acceptors (Lipinski definition) is 5. The molecule has 1 unspecified atom stereocenters. The number of alkyl halides is 3. The Morgan fingerprint density at radius 2 is 1.85 bits per heavy atom. The summed E-state index contributed by atoms with van der Waals surface area (Å²) in [6.45, 7) is 2.27. The number of aromatic amines is 1. The predicted molar refractivity (Wildman–Crippen MR) is 116 cm³/mol. The summed E-state index contributed by atoms with van der Waals surface area (Å²) in [6, 6.07) is 9.76. The van der Waals surface area contributed by atoms with Gasteiger partial charge in [-0.3, -0.25) is 19.3 Å². The number of hydrogen-bond donors (Lipinski definition) is 1. The van der Waals surface area contributed by atoms with Crippen molar-refractivity contribution in [1.29, 1.82) is 0 Å². The fourth-order valence-electron chi connectivity index (χ4n) is 4.69. The molecular weight excluding hydrogens is 451 g/mol. The Labute approximate surface area is 192 Å². The number of Topliss-reactive ketones (excluding diaryl/α,β-unsaturated/α-hetero) is 1. The van der Waals surface area contributed by atoms with Crippen LogP contribution in [0.3, 0.4) is 0 Å². The summed E-state index contributed by atoms with van der Waals surface area (Å²) in [5, 5.41) is 0.593. The molecule has 3 heterocycles. The quantitative estimate of drug-likeness (QED) is 0.460. The second-order valence-corrected chi connectivity index (χ2v) is 8.45. The fraction of sp³-hybridized carbons (Fsp3) is 0.292. The molecule has 5 rings (SSSR count). The number of H-pyrrole nitrogens is 1. The first kappa shape index (κ1) is 22.1. The summed E-state index contributed by atoms with van der Waals surface area (Å²) in [4.78, 5) is 43.7. The van der Waals surface area contributed by atoms with Crippen LogP contribution in [0.2, 0.25) is 0 Å². The minimum Gasteiger partial charge on any atom is -0.406 e. The lowest BCUT2D eigenvalue weighted by Gasteiger charge is -2.31. The van der Waals surface area contributed by atoms with E-state index in [-0.39, 0.29) is 29.8 Å². The molecule has 0 radical (unpaired) electrons. The van der Waals surface area contributed by atoms with Crippen LogP contribution in [0.1, 0.15) is 35.0 Å². The summed E-state index contributed by atoms with van der Waals surface area (Å²) in [5.74, 6) is -1.12. The van der Waals surface area contributed by atoms with E-state index in [1.54, 1.807) is 24.3 Å². The van der Waals surface area contributed by atoms with Gasteiger partial charge in [0.15, 0.2) is 5.78 Å². The molecule has 0 spiro atoms. The molecule has 1 N–H and O–H groups in total. The van der Waals surface area contributed by atoms with E-state index in [1.165, 1.54) is 25.1 Å². The number of fused-ring (bicyclic) bond motifs is 3. The predicted octanol–water partition coefficient (Wildman–Crippen LogP) is 3.96. The Morgan fingerprint density at radius 1 is 1.12 bits per heavy atom. The van der Waals surface area contributed by atoms with Gasteiger partial charge in [0.2, 0.25) is 5.91 Å². The number of anilines is 1. The van der Waals surface area contributed by atoms with Crippen LogP contribution in [0, 0.1) is 0 Å². The summed E-state index contributed by atoms with van der Waals surface area (Å²) < 4.78 is 42.0. The highest BCUT2D eigenvalue weighted by atomic mass is 19.4. The third kappa shape index (κ3) is 3.94. The van der Waals surface area contributed by atoms with Crippen LogP contribution < -0.4 is 9.64 Å². The standard InChI is InChI=1S/C24H20F3N3O4/c1-13(31)14-2-4-15(5-3-14)30-22(32)11-21(23(30)33)29-9-8-20-18(12-29)17-10-16(34-24(25,26)27)6-7-19(17)28-20/h2-7,10,21,28H,8-9,11-12H2,1H3. The van der Waals surface area contributed by atoms with Gasteiger partial charge in [0.05, 0.1) is 18.2 Å². The molecule has 10 heteroatoms. The van der Waals surface area contributed by atoms with E-state index < -0.39 is 12.4 Å². The molecule has 1 atom stereocenters. The highest BCUT2D eigenvalue weighted by Gasteiger charge is 2.43. The van der Waals surface area contributed by atoms with E-state index in [4.69, 9.17) is 0 Å². The number of ether oxygens (including phenoxy) is 1. The maximum absolute atomic E-state index is 13.2. The zero-order valence-electron chi connectivity index (χ0n) is 18.1. The number of carbonyl (C=O) groups excluding carboxylic acids is 3. The Balaban J connectivity index is 1.39. The third-order valence-electron chi connectivity index (χ3n) is 6.31. The van der Waals surface area contributed by atoms with Gasteiger partial charge in [-0.1, -0.05) is 0 Å². The lowest BCUT2D eigenvalue weighted by Crippen LogP contribution is -2.44. The van der Waals surface area contributed by atoms with Gasteiger partial charge in [-0.25, -0.2) is 4.90 Å². The molecule has 3 aromatic rings. The van der Waals surface area contributed by atoms with E-state index in [1.807, 2.05) is 4.90 Å². The number of amides is 2. The van der Waals surface area contributed by atoms with Gasteiger partial charge < -0.3 is 9.72 Å². The van der Waals surface area contributed by atoms with E-state index in [0.29, 0.717) is 41.7 Å². The monoisotopic (exact) mass is 471 g/mol. The lowest BCUT2D eigenvalue weighted by molar-refractivity contribution is -0.274. The molecule has 2 aromatic carbocycles. The number of nitrogens with zero attached hydrogens (tertiary/aromatic N) is 2. The fourth-order valence-corrected chi connectivity index (χ4v) is 4.69. The summed E-state index contributed by atoms with van der Waals surface area (Å²) >= 11 is 0. The van der Waals surface area contributed by atoms with Crippen LogP contribution in [0.25, 0.3) is 10.9 Å². The van der Waals surface area contributed by atoms with E-state index in [9.17, 15) is 27.6 Å². The molecule has 2 amide bonds. The van der Waals surface area contributed by atoms with Crippen molar-refractivity contribution in [3.8, 4) is 5.75 Å². The molecule has 0 bridgehead atoms. The number of aromatic nitrogens is 1. The minimum absolute atomic E-state index is 0.00736. The molecule has 1 aromatic heterocycles. The smallest absolute Gasteiger partial charge is 0.406 e. The van der Waals surface area contributed by atoms with Crippen molar-refractivity contribution in [2.75, 3.05) is 11.4 Å². The molecule has 0 aliphatic carbocycles. The first-order valence-corrected chi connectivity index (χ1v) is 10.7. The number of halogens is 3. The van der Waals surface area contributed by atoms with Crippen molar-refractivity contribution >= 4 is 34.2 Å². The van der Waals surface area contributed by atoms with Crippen molar-refractivity contribution in [2.24, 2.45) is 0 Å². The number of nitrogens with one attached hydrogen (secondary N) is 1. The number of ketones is 1. The number of imide groups is 1. The Kier molecular flexibility index (Phi) is 5.20. The van der Waals surface area contributed by atoms with Gasteiger partial charge >= 0.3 is 6.36 Å². The molecular formula is C24H20F3N3O4. The molecule has 2 aliphatic rings. The number of benzene rings is 2. The van der Waals surface area contributed by atoms with Crippen molar-refractivity contribution in [2.45, 2.75) is 38.7 Å². The van der Waals surface area contributed by atoms with Gasteiger partial charge in [-0.15, -0.1) is 13.2 Å². The van der Waals surface area contributed by atoms with Crippen LogP contribution in [-0.4, -0.2) is 46.4 Å². The topological polar surface area (TPSA) is 82.7 Å². The maximum atomic E-state index is 13.2. The van der Waals surface area contributed by atoms with E-state index >= 15 is 0 Å². The maximum Gasteiger partial charge on any atom is 0.573 e. The first-order valence-electron chi connectivity index (χ1n) is 10.7.